The van der Waals surface area contributed by atoms with Crippen LogP contribution >= 0.6 is 0 Å². The van der Waals surface area contributed by atoms with Crippen molar-refractivity contribution in [1.82, 2.24) is 4.90 Å². The lowest BCUT2D eigenvalue weighted by Crippen LogP contribution is -2.40. The van der Waals surface area contributed by atoms with Crippen molar-refractivity contribution in [3.63, 3.8) is 0 Å². The van der Waals surface area contributed by atoms with Crippen LogP contribution in [0.3, 0.4) is 0 Å². The Hall–Kier alpha value is -1.42. The van der Waals surface area contributed by atoms with Crippen molar-refractivity contribution in [2.24, 2.45) is 0 Å². The largest absolute Gasteiger partial charge is 0.459 e. The Morgan fingerprint density at radius 3 is 2.76 bits per heavy atom. The van der Waals surface area contributed by atoms with Gasteiger partial charge in [-0.2, -0.15) is 0 Å². The minimum Gasteiger partial charge on any atom is -0.459 e. The Kier molecular flexibility index (Phi) is 4.67. The average Bonchev–Trinajstić information content (AvgIpc) is 2.79. The van der Waals surface area contributed by atoms with Crippen LogP contribution in [0.4, 0.5) is 4.39 Å². The molecule has 0 N–H and O–H groups in total. The lowest BCUT2D eigenvalue weighted by molar-refractivity contribution is -0.160. The number of halogens is 1. The van der Waals surface area contributed by atoms with Gasteiger partial charge in [-0.25, -0.2) is 4.39 Å². The highest BCUT2D eigenvalue weighted by molar-refractivity contribution is 5.76. The molecule has 3 nitrogen and oxygen atoms in total. The van der Waals surface area contributed by atoms with E-state index in [-0.39, 0.29) is 17.8 Å². The molecule has 1 fully saturated rings. The van der Waals surface area contributed by atoms with Gasteiger partial charge in [0.15, 0.2) is 0 Å². The molecule has 0 aromatic heterocycles. The van der Waals surface area contributed by atoms with E-state index in [1.54, 1.807) is 6.07 Å². The van der Waals surface area contributed by atoms with E-state index in [1.807, 2.05) is 27.7 Å². The Balaban J connectivity index is 2.06. The van der Waals surface area contributed by atoms with Gasteiger partial charge in [0, 0.05) is 6.54 Å². The molecule has 1 aliphatic heterocycles. The van der Waals surface area contributed by atoms with E-state index in [0.29, 0.717) is 6.54 Å². The van der Waals surface area contributed by atoms with E-state index in [9.17, 15) is 9.18 Å². The molecule has 0 unspecified atom stereocenters. The topological polar surface area (TPSA) is 29.5 Å². The fourth-order valence-electron chi connectivity index (χ4n) is 2.71. The maximum Gasteiger partial charge on any atom is 0.323 e. The molecule has 1 atom stereocenters. The first kappa shape index (κ1) is 16.0. The summed E-state index contributed by atoms with van der Waals surface area (Å²) in [5, 5.41) is 0. The number of nitrogens with zero attached hydrogens (tertiary/aromatic N) is 1. The fraction of sp³-hybridized carbons (Fsp3) is 0.588. The summed E-state index contributed by atoms with van der Waals surface area (Å²) in [6.45, 7) is 9.09. The van der Waals surface area contributed by atoms with E-state index in [1.165, 1.54) is 12.1 Å². The number of ether oxygens (including phenoxy) is 1. The average molecular weight is 293 g/mol. The molecular weight excluding hydrogens is 269 g/mol. The summed E-state index contributed by atoms with van der Waals surface area (Å²) in [5.41, 5.74) is 1.52. The van der Waals surface area contributed by atoms with Crippen LogP contribution in [0.2, 0.25) is 0 Å². The number of rotatable bonds is 3. The molecule has 0 radical (unpaired) electrons. The molecule has 0 spiro atoms. The molecule has 1 aliphatic rings. The zero-order chi connectivity index (χ0) is 15.6. The van der Waals surface area contributed by atoms with Crippen molar-refractivity contribution in [1.29, 1.82) is 0 Å². The zero-order valence-electron chi connectivity index (χ0n) is 13.3. The van der Waals surface area contributed by atoms with Crippen LogP contribution in [0, 0.1) is 12.7 Å². The van der Waals surface area contributed by atoms with Gasteiger partial charge in [-0.05, 0) is 70.3 Å². The third-order valence-electron chi connectivity index (χ3n) is 3.72. The van der Waals surface area contributed by atoms with Crippen molar-refractivity contribution < 1.29 is 13.9 Å². The van der Waals surface area contributed by atoms with Gasteiger partial charge in [0.1, 0.15) is 17.5 Å². The summed E-state index contributed by atoms with van der Waals surface area (Å²) >= 11 is 0. The van der Waals surface area contributed by atoms with Crippen molar-refractivity contribution >= 4 is 5.97 Å². The van der Waals surface area contributed by atoms with Crippen LogP contribution in [0.1, 0.15) is 44.7 Å². The number of carbonyl (C=O) groups is 1. The van der Waals surface area contributed by atoms with Crippen LogP contribution in [-0.2, 0) is 16.1 Å². The van der Waals surface area contributed by atoms with Gasteiger partial charge in [-0.3, -0.25) is 9.69 Å². The summed E-state index contributed by atoms with van der Waals surface area (Å²) in [4.78, 5) is 14.4. The molecule has 116 valence electrons. The summed E-state index contributed by atoms with van der Waals surface area (Å²) in [6.07, 6.45) is 1.82. The molecule has 0 saturated carbocycles. The van der Waals surface area contributed by atoms with E-state index in [0.717, 1.165) is 30.5 Å². The van der Waals surface area contributed by atoms with Gasteiger partial charge in [0.2, 0.25) is 0 Å². The van der Waals surface area contributed by atoms with Gasteiger partial charge in [-0.1, -0.05) is 6.07 Å². The van der Waals surface area contributed by atoms with Crippen molar-refractivity contribution in [2.75, 3.05) is 6.54 Å². The number of aryl methyl sites for hydroxylation is 1. The number of benzene rings is 1. The highest BCUT2D eigenvalue weighted by Crippen LogP contribution is 2.24. The van der Waals surface area contributed by atoms with Gasteiger partial charge in [-0.15, -0.1) is 0 Å². The van der Waals surface area contributed by atoms with Gasteiger partial charge < -0.3 is 4.74 Å². The second kappa shape index (κ2) is 6.14. The predicted molar refractivity (Wildman–Crippen MR) is 80.4 cm³/mol. The second-order valence-corrected chi connectivity index (χ2v) is 6.73. The second-order valence-electron chi connectivity index (χ2n) is 6.73. The van der Waals surface area contributed by atoms with Crippen LogP contribution in [0.15, 0.2) is 18.2 Å². The van der Waals surface area contributed by atoms with E-state index in [2.05, 4.69) is 4.90 Å². The normalized spacial score (nSPS) is 19.8. The first-order valence-corrected chi connectivity index (χ1v) is 7.48. The molecule has 21 heavy (non-hydrogen) atoms. The first-order valence-electron chi connectivity index (χ1n) is 7.48. The van der Waals surface area contributed by atoms with Gasteiger partial charge >= 0.3 is 5.97 Å². The third-order valence-corrected chi connectivity index (χ3v) is 3.72. The molecular formula is C17H24FNO2. The van der Waals surface area contributed by atoms with Crippen molar-refractivity contribution in [2.45, 2.75) is 58.7 Å². The van der Waals surface area contributed by atoms with Gasteiger partial charge in [0.05, 0.1) is 0 Å². The summed E-state index contributed by atoms with van der Waals surface area (Å²) in [7, 11) is 0. The molecule has 1 saturated heterocycles. The monoisotopic (exact) mass is 293 g/mol. The van der Waals surface area contributed by atoms with E-state index >= 15 is 0 Å². The summed E-state index contributed by atoms with van der Waals surface area (Å²) < 4.78 is 18.7. The summed E-state index contributed by atoms with van der Waals surface area (Å²) in [5.74, 6) is -0.374. The highest BCUT2D eigenvalue weighted by atomic mass is 19.1. The number of esters is 1. The lowest BCUT2D eigenvalue weighted by atomic mass is 10.1. The summed E-state index contributed by atoms with van der Waals surface area (Å²) in [6, 6.07) is 4.62. The maximum atomic E-state index is 13.2. The standard InChI is InChI=1S/C17H24FNO2/c1-12-10-14(18)8-7-13(12)11-19-9-5-6-15(19)16(20)21-17(2,3)4/h7-8,10,15H,5-6,9,11H2,1-4H3/t15-/m0/s1. The number of likely N-dealkylation sites (tertiary alicyclic amines) is 1. The Morgan fingerprint density at radius 1 is 1.43 bits per heavy atom. The van der Waals surface area contributed by atoms with Gasteiger partial charge in [0.25, 0.3) is 0 Å². The molecule has 2 rings (SSSR count). The lowest BCUT2D eigenvalue weighted by Gasteiger charge is -2.27. The molecule has 1 aromatic rings. The SMILES string of the molecule is Cc1cc(F)ccc1CN1CCC[C@H]1C(=O)OC(C)(C)C. The number of hydrogen-bond acceptors (Lipinski definition) is 3. The first-order chi connectivity index (χ1) is 9.76. The van der Waals surface area contributed by atoms with E-state index < -0.39 is 5.60 Å². The minimum atomic E-state index is -0.461. The molecule has 0 aliphatic carbocycles. The van der Waals surface area contributed by atoms with Crippen molar-refractivity contribution in [3.05, 3.63) is 35.1 Å². The Morgan fingerprint density at radius 2 is 2.14 bits per heavy atom. The zero-order valence-corrected chi connectivity index (χ0v) is 13.3. The highest BCUT2D eigenvalue weighted by Gasteiger charge is 2.34. The van der Waals surface area contributed by atoms with E-state index in [4.69, 9.17) is 4.74 Å². The van der Waals surface area contributed by atoms with Crippen LogP contribution in [-0.4, -0.2) is 29.1 Å². The smallest absolute Gasteiger partial charge is 0.323 e. The Labute approximate surface area is 126 Å². The molecule has 0 amide bonds. The minimum absolute atomic E-state index is 0.153. The molecule has 1 aromatic carbocycles. The van der Waals surface area contributed by atoms with Crippen LogP contribution < -0.4 is 0 Å². The third kappa shape index (κ3) is 4.27. The van der Waals surface area contributed by atoms with Crippen molar-refractivity contribution in [3.8, 4) is 0 Å². The fourth-order valence-corrected chi connectivity index (χ4v) is 2.71. The van der Waals surface area contributed by atoms with Crippen LogP contribution in [0.5, 0.6) is 0 Å². The predicted octanol–water partition coefficient (Wildman–Crippen LogP) is 3.44. The molecule has 1 heterocycles. The number of carbonyl (C=O) groups excluding carboxylic acids is 1. The number of hydrogen-bond donors (Lipinski definition) is 0. The Bertz CT molecular complexity index is 522. The quantitative estimate of drug-likeness (QED) is 0.800. The maximum absolute atomic E-state index is 13.2. The molecule has 4 heteroatoms. The van der Waals surface area contributed by atoms with Crippen LogP contribution in [0.25, 0.3) is 0 Å². The molecule has 0 bridgehead atoms.